The normalized spacial score (nSPS) is 24.5. The Kier molecular flexibility index (Phi) is 6.33. The van der Waals surface area contributed by atoms with Crippen molar-refractivity contribution >= 4 is 23.8 Å². The van der Waals surface area contributed by atoms with E-state index in [1.165, 1.54) is 0 Å². The Morgan fingerprint density at radius 1 is 1.33 bits per heavy atom. The smallest absolute Gasteiger partial charge is 0.322 e. The van der Waals surface area contributed by atoms with E-state index in [0.717, 1.165) is 38.4 Å². The zero-order valence-corrected chi connectivity index (χ0v) is 16.9. The summed E-state index contributed by atoms with van der Waals surface area (Å²) in [6.07, 6.45) is 1.54. The Balaban J connectivity index is 2.02. The predicted octanol–water partition coefficient (Wildman–Crippen LogP) is 0.0342. The second-order valence-electron chi connectivity index (χ2n) is 8.01. The molecule has 0 radical (unpaired) electrons. The van der Waals surface area contributed by atoms with E-state index in [9.17, 15) is 14.4 Å². The Morgan fingerprint density at radius 3 is 2.44 bits per heavy atom. The Hall–Kier alpha value is -2.32. The lowest BCUT2D eigenvalue weighted by molar-refractivity contribution is -0.128. The van der Waals surface area contributed by atoms with Crippen LogP contribution >= 0.6 is 0 Å². The van der Waals surface area contributed by atoms with Crippen LogP contribution in [-0.4, -0.2) is 67.5 Å². The van der Waals surface area contributed by atoms with Crippen LogP contribution in [0.2, 0.25) is 0 Å². The number of carbonyl (C=O) groups is 3. The monoisotopic (exact) mass is 380 g/mol. The summed E-state index contributed by atoms with van der Waals surface area (Å²) < 4.78 is 0. The molecule has 152 valence electrons. The van der Waals surface area contributed by atoms with Gasteiger partial charge in [0.25, 0.3) is 5.91 Å². The molecule has 2 saturated heterocycles. The molecular formula is C18H32N6O3. The summed E-state index contributed by atoms with van der Waals surface area (Å²) in [4.78, 5) is 42.5. The molecule has 2 rings (SSSR count). The minimum Gasteiger partial charge on any atom is -0.359 e. The third kappa shape index (κ3) is 4.51. The number of hydrogen-bond acceptors (Lipinski definition) is 4. The van der Waals surface area contributed by atoms with E-state index in [4.69, 9.17) is 0 Å². The van der Waals surface area contributed by atoms with Gasteiger partial charge in [-0.25, -0.2) is 4.79 Å². The second-order valence-corrected chi connectivity index (χ2v) is 8.01. The third-order valence-electron chi connectivity index (χ3n) is 5.48. The molecule has 9 heteroatoms. The summed E-state index contributed by atoms with van der Waals surface area (Å²) in [6.45, 7) is 10.1. The van der Waals surface area contributed by atoms with Gasteiger partial charge in [0.1, 0.15) is 5.54 Å². The lowest BCUT2D eigenvalue weighted by atomic mass is 9.79. The van der Waals surface area contributed by atoms with Crippen LogP contribution in [-0.2, 0) is 9.59 Å². The molecule has 27 heavy (non-hydrogen) atoms. The van der Waals surface area contributed by atoms with Crippen LogP contribution in [0.15, 0.2) is 4.99 Å². The van der Waals surface area contributed by atoms with Crippen LogP contribution in [0.5, 0.6) is 0 Å². The highest BCUT2D eigenvalue weighted by Gasteiger charge is 2.48. The second kappa shape index (κ2) is 8.14. The van der Waals surface area contributed by atoms with E-state index in [2.05, 4.69) is 31.2 Å². The van der Waals surface area contributed by atoms with E-state index in [1.807, 2.05) is 20.8 Å². The molecule has 0 aromatic heterocycles. The van der Waals surface area contributed by atoms with Crippen LogP contribution in [0.3, 0.4) is 0 Å². The number of hydrogen-bond donors (Lipinski definition) is 4. The van der Waals surface area contributed by atoms with Gasteiger partial charge in [0.15, 0.2) is 5.96 Å². The number of rotatable bonds is 5. The van der Waals surface area contributed by atoms with E-state index >= 15 is 0 Å². The predicted molar refractivity (Wildman–Crippen MR) is 103 cm³/mol. The minimum absolute atomic E-state index is 0.0447. The molecule has 4 amide bonds. The molecule has 0 spiro atoms. The lowest BCUT2D eigenvalue weighted by Crippen LogP contribution is -2.55. The first-order valence-electron chi connectivity index (χ1n) is 9.53. The number of aliphatic imine (C=N–C) groups is 1. The van der Waals surface area contributed by atoms with E-state index in [1.54, 1.807) is 14.0 Å². The molecule has 0 aliphatic carbocycles. The van der Waals surface area contributed by atoms with Crippen LogP contribution in [0.1, 0.15) is 40.5 Å². The largest absolute Gasteiger partial charge is 0.359 e. The number of likely N-dealkylation sites (tertiary alicyclic amines) is 1. The number of piperidine rings is 1. The summed E-state index contributed by atoms with van der Waals surface area (Å²) in [5.74, 6) is 0.555. The number of carbonyl (C=O) groups excluding carboxylic acids is 3. The van der Waals surface area contributed by atoms with Gasteiger partial charge >= 0.3 is 6.03 Å². The van der Waals surface area contributed by atoms with Crippen molar-refractivity contribution in [2.45, 2.75) is 46.1 Å². The SMILES string of the molecule is CCNC(=NCC(C)(C)C(=O)NC)N1CCC(C2(C)NC(=O)NC2=O)CC1. The highest BCUT2D eigenvalue weighted by Crippen LogP contribution is 2.30. The fourth-order valence-corrected chi connectivity index (χ4v) is 3.62. The Labute approximate surface area is 160 Å². The molecule has 9 nitrogen and oxygen atoms in total. The van der Waals surface area contributed by atoms with Gasteiger partial charge in [-0.05, 0) is 46.5 Å². The van der Waals surface area contributed by atoms with Crippen LogP contribution in [0.4, 0.5) is 4.79 Å². The van der Waals surface area contributed by atoms with Crippen LogP contribution in [0.25, 0.3) is 0 Å². The number of urea groups is 1. The summed E-state index contributed by atoms with van der Waals surface area (Å²) in [5, 5.41) is 11.1. The van der Waals surface area contributed by atoms with Gasteiger partial charge in [0.2, 0.25) is 5.91 Å². The van der Waals surface area contributed by atoms with Crippen molar-refractivity contribution in [2.75, 3.05) is 33.2 Å². The van der Waals surface area contributed by atoms with Crippen LogP contribution in [0, 0.1) is 11.3 Å². The van der Waals surface area contributed by atoms with Crippen molar-refractivity contribution in [3.05, 3.63) is 0 Å². The number of amides is 4. The molecule has 1 atom stereocenters. The fraction of sp³-hybridized carbons (Fsp3) is 0.778. The lowest BCUT2D eigenvalue weighted by Gasteiger charge is -2.40. The fourth-order valence-electron chi connectivity index (χ4n) is 3.62. The molecule has 2 heterocycles. The van der Waals surface area contributed by atoms with Gasteiger partial charge in [0, 0.05) is 26.7 Å². The quantitative estimate of drug-likeness (QED) is 0.305. The van der Waals surface area contributed by atoms with Gasteiger partial charge in [-0.15, -0.1) is 0 Å². The number of nitrogens with zero attached hydrogens (tertiary/aromatic N) is 2. The first kappa shape index (κ1) is 21.0. The topological polar surface area (TPSA) is 115 Å². The standard InChI is InChI=1S/C18H32N6O3/c1-6-20-15(21-11-17(2,3)13(25)19-5)24-9-7-12(8-10-24)18(4)14(26)22-16(27)23-18/h12H,6-11H2,1-5H3,(H,19,25)(H,20,21)(H2,22,23,26,27). The number of imide groups is 1. The van der Waals surface area contributed by atoms with Gasteiger partial charge < -0.3 is 20.9 Å². The van der Waals surface area contributed by atoms with Gasteiger partial charge in [-0.2, -0.15) is 0 Å². The molecular weight excluding hydrogens is 348 g/mol. The molecule has 2 aliphatic heterocycles. The molecule has 0 saturated carbocycles. The summed E-state index contributed by atoms with van der Waals surface area (Å²) in [5.41, 5.74) is -1.44. The highest BCUT2D eigenvalue weighted by molar-refractivity contribution is 6.07. The molecule has 2 aliphatic rings. The molecule has 4 N–H and O–H groups in total. The highest BCUT2D eigenvalue weighted by atomic mass is 16.2. The summed E-state index contributed by atoms with van der Waals surface area (Å²) in [6, 6.07) is -0.420. The van der Waals surface area contributed by atoms with Crippen molar-refractivity contribution in [1.29, 1.82) is 0 Å². The zero-order chi connectivity index (χ0) is 20.2. The van der Waals surface area contributed by atoms with Crippen LogP contribution < -0.4 is 21.3 Å². The molecule has 2 fully saturated rings. The van der Waals surface area contributed by atoms with Crippen molar-refractivity contribution < 1.29 is 14.4 Å². The summed E-state index contributed by atoms with van der Waals surface area (Å²) >= 11 is 0. The molecule has 0 aromatic carbocycles. The number of guanidine groups is 1. The maximum atomic E-state index is 12.1. The maximum absolute atomic E-state index is 12.1. The molecule has 0 aromatic rings. The first-order chi connectivity index (χ1) is 12.6. The van der Waals surface area contributed by atoms with Gasteiger partial charge in [0.05, 0.1) is 12.0 Å². The molecule has 1 unspecified atom stereocenters. The number of nitrogens with one attached hydrogen (secondary N) is 4. The summed E-state index contributed by atoms with van der Waals surface area (Å²) in [7, 11) is 1.63. The first-order valence-corrected chi connectivity index (χ1v) is 9.53. The van der Waals surface area contributed by atoms with E-state index in [-0.39, 0.29) is 17.7 Å². The van der Waals surface area contributed by atoms with Crippen molar-refractivity contribution in [1.82, 2.24) is 26.2 Å². The maximum Gasteiger partial charge on any atom is 0.322 e. The Bertz CT molecular complexity index is 625. The van der Waals surface area contributed by atoms with Gasteiger partial charge in [-0.1, -0.05) is 0 Å². The van der Waals surface area contributed by atoms with Gasteiger partial charge in [-0.3, -0.25) is 19.9 Å². The third-order valence-corrected chi connectivity index (χ3v) is 5.48. The van der Waals surface area contributed by atoms with Crippen molar-refractivity contribution in [2.24, 2.45) is 16.3 Å². The average molecular weight is 380 g/mol. The minimum atomic E-state index is -0.847. The Morgan fingerprint density at radius 2 is 1.96 bits per heavy atom. The van der Waals surface area contributed by atoms with E-state index < -0.39 is 17.0 Å². The molecule has 0 bridgehead atoms. The van der Waals surface area contributed by atoms with Crippen molar-refractivity contribution in [3.8, 4) is 0 Å². The van der Waals surface area contributed by atoms with E-state index in [0.29, 0.717) is 6.54 Å². The zero-order valence-electron chi connectivity index (χ0n) is 16.9. The average Bonchev–Trinajstić information content (AvgIpc) is 2.90. The van der Waals surface area contributed by atoms with Crippen molar-refractivity contribution in [3.63, 3.8) is 0 Å².